The summed E-state index contributed by atoms with van der Waals surface area (Å²) in [5, 5.41) is 8.16. The molecule has 0 atom stereocenters. The third kappa shape index (κ3) is 3.93. The molecule has 168 valence electrons. The number of methoxy groups -OCH3 is 2. The van der Waals surface area contributed by atoms with Gasteiger partial charge in [0.05, 0.1) is 30.1 Å². The van der Waals surface area contributed by atoms with Gasteiger partial charge in [-0.25, -0.2) is 19.5 Å². The molecule has 1 aliphatic rings. The van der Waals surface area contributed by atoms with Crippen molar-refractivity contribution in [2.24, 2.45) is 0 Å². The van der Waals surface area contributed by atoms with Crippen LogP contribution in [0, 0.1) is 6.92 Å². The maximum absolute atomic E-state index is 5.47. The van der Waals surface area contributed by atoms with Gasteiger partial charge in [0.25, 0.3) is 0 Å². The first kappa shape index (κ1) is 20.8. The molecule has 1 fully saturated rings. The number of hydrogen-bond acceptors (Lipinski definition) is 7. The van der Waals surface area contributed by atoms with E-state index in [0.717, 1.165) is 66.0 Å². The molecule has 0 bridgehead atoms. The number of anilines is 1. The number of ether oxygens (including phenoxy) is 2. The van der Waals surface area contributed by atoms with E-state index in [4.69, 9.17) is 14.5 Å². The molecule has 9 heteroatoms. The van der Waals surface area contributed by atoms with Gasteiger partial charge in [0.2, 0.25) is 5.95 Å². The Balaban J connectivity index is 1.41. The molecule has 32 heavy (non-hydrogen) atoms. The highest BCUT2D eigenvalue weighted by Gasteiger charge is 2.21. The van der Waals surface area contributed by atoms with Gasteiger partial charge in [0.1, 0.15) is 11.3 Å². The Morgan fingerprint density at radius 3 is 2.72 bits per heavy atom. The fourth-order valence-electron chi connectivity index (χ4n) is 4.52. The normalized spacial score (nSPS) is 19.1. The molecule has 0 aliphatic heterocycles. The first-order valence-electron chi connectivity index (χ1n) is 11.1. The minimum atomic E-state index is 0.378. The lowest BCUT2D eigenvalue weighted by Crippen LogP contribution is -2.30. The van der Waals surface area contributed by atoms with E-state index in [1.165, 1.54) is 0 Å². The van der Waals surface area contributed by atoms with E-state index in [2.05, 4.69) is 25.0 Å². The molecule has 1 aliphatic carbocycles. The van der Waals surface area contributed by atoms with Crippen LogP contribution < -0.4 is 5.32 Å². The number of aryl methyl sites for hydroxylation is 1. The molecule has 0 saturated heterocycles. The van der Waals surface area contributed by atoms with Crippen molar-refractivity contribution in [3.8, 4) is 11.3 Å². The molecule has 4 aromatic rings. The fraction of sp³-hybridized carbons (Fsp3) is 0.478. The lowest BCUT2D eigenvalue weighted by Gasteiger charge is -2.28. The Morgan fingerprint density at radius 1 is 1.09 bits per heavy atom. The second kappa shape index (κ2) is 8.84. The summed E-state index contributed by atoms with van der Waals surface area (Å²) in [5.74, 6) is 1.58. The second-order valence-corrected chi connectivity index (χ2v) is 8.34. The largest absolute Gasteiger partial charge is 0.383 e. The minimum absolute atomic E-state index is 0.378. The van der Waals surface area contributed by atoms with Crippen LogP contribution in [0.5, 0.6) is 0 Å². The molecule has 1 saturated carbocycles. The van der Waals surface area contributed by atoms with Crippen molar-refractivity contribution in [2.75, 3.05) is 26.1 Å². The van der Waals surface area contributed by atoms with Gasteiger partial charge in [-0.3, -0.25) is 0 Å². The van der Waals surface area contributed by atoms with Gasteiger partial charge in [-0.1, -0.05) is 0 Å². The zero-order chi connectivity index (χ0) is 22.1. The maximum atomic E-state index is 5.47. The van der Waals surface area contributed by atoms with Gasteiger partial charge >= 0.3 is 0 Å². The van der Waals surface area contributed by atoms with Gasteiger partial charge in [0.15, 0.2) is 5.65 Å². The molecule has 4 heterocycles. The molecule has 0 radical (unpaired) electrons. The summed E-state index contributed by atoms with van der Waals surface area (Å²) in [4.78, 5) is 14.1. The first-order chi connectivity index (χ1) is 15.7. The number of nitrogens with one attached hydrogen (secondary N) is 1. The summed E-state index contributed by atoms with van der Waals surface area (Å²) in [6, 6.07) is 6.44. The summed E-state index contributed by atoms with van der Waals surface area (Å²) >= 11 is 0. The standard InChI is InChI=1S/C23H29N7O2/c1-15-25-20-9-8-19(27-22(20)29(15)12-13-31-2)18-10-11-30-21(18)14-24-23(28-30)26-16-4-6-17(32-3)7-5-16/h8-11,14,16-17H,4-7,12-13H2,1-3H3,(H,26,28). The van der Waals surface area contributed by atoms with Gasteiger partial charge in [-0.05, 0) is 50.8 Å². The molecule has 0 spiro atoms. The van der Waals surface area contributed by atoms with Crippen LogP contribution in [-0.4, -0.2) is 62.1 Å². The van der Waals surface area contributed by atoms with Crippen molar-refractivity contribution in [1.82, 2.24) is 29.1 Å². The minimum Gasteiger partial charge on any atom is -0.383 e. The molecule has 1 N–H and O–H groups in total. The zero-order valence-corrected chi connectivity index (χ0v) is 18.8. The monoisotopic (exact) mass is 435 g/mol. The van der Waals surface area contributed by atoms with E-state index >= 15 is 0 Å². The molecular weight excluding hydrogens is 406 g/mol. The lowest BCUT2D eigenvalue weighted by molar-refractivity contribution is 0.0681. The van der Waals surface area contributed by atoms with Crippen LogP contribution in [0.1, 0.15) is 31.5 Å². The number of pyridine rings is 1. The molecule has 0 amide bonds. The summed E-state index contributed by atoms with van der Waals surface area (Å²) in [6.07, 6.45) is 8.47. The van der Waals surface area contributed by atoms with E-state index < -0.39 is 0 Å². The van der Waals surface area contributed by atoms with Crippen LogP contribution in [0.15, 0.2) is 30.6 Å². The molecule has 0 unspecified atom stereocenters. The van der Waals surface area contributed by atoms with Crippen LogP contribution in [-0.2, 0) is 16.0 Å². The van der Waals surface area contributed by atoms with Crippen molar-refractivity contribution in [3.63, 3.8) is 0 Å². The SMILES string of the molecule is COCCn1c(C)nc2ccc(-c3ccn4nc(NC5CCC(OC)CC5)ncc34)nc21. The number of hydrogen-bond donors (Lipinski definition) is 1. The van der Waals surface area contributed by atoms with E-state index in [0.29, 0.717) is 24.7 Å². The van der Waals surface area contributed by atoms with Gasteiger partial charge < -0.3 is 19.4 Å². The predicted octanol–water partition coefficient (Wildman–Crippen LogP) is 3.47. The fourth-order valence-corrected chi connectivity index (χ4v) is 4.52. The molecule has 9 nitrogen and oxygen atoms in total. The van der Waals surface area contributed by atoms with Gasteiger partial charge in [0, 0.05) is 38.6 Å². The highest BCUT2D eigenvalue weighted by molar-refractivity contribution is 5.82. The number of rotatable bonds is 7. The average molecular weight is 436 g/mol. The third-order valence-corrected chi connectivity index (χ3v) is 6.34. The van der Waals surface area contributed by atoms with Crippen LogP contribution in [0.4, 0.5) is 5.95 Å². The molecular formula is C23H29N7O2. The highest BCUT2D eigenvalue weighted by Crippen LogP contribution is 2.27. The topological polar surface area (TPSA) is 91.4 Å². The molecule has 4 aromatic heterocycles. The molecule has 5 rings (SSSR count). The summed E-state index contributed by atoms with van der Waals surface area (Å²) in [6.45, 7) is 3.33. The van der Waals surface area contributed by atoms with Crippen molar-refractivity contribution in [1.29, 1.82) is 0 Å². The summed E-state index contributed by atoms with van der Waals surface area (Å²) in [7, 11) is 3.49. The smallest absolute Gasteiger partial charge is 0.241 e. The number of fused-ring (bicyclic) bond motifs is 2. The van der Waals surface area contributed by atoms with E-state index in [-0.39, 0.29) is 0 Å². The van der Waals surface area contributed by atoms with Gasteiger partial charge in [-0.2, -0.15) is 0 Å². The Morgan fingerprint density at radius 2 is 1.94 bits per heavy atom. The number of nitrogens with zero attached hydrogens (tertiary/aromatic N) is 6. The Bertz CT molecular complexity index is 1220. The van der Waals surface area contributed by atoms with Crippen LogP contribution in [0.2, 0.25) is 0 Å². The van der Waals surface area contributed by atoms with Gasteiger partial charge in [-0.15, -0.1) is 5.10 Å². The third-order valence-electron chi connectivity index (χ3n) is 6.34. The Kier molecular flexibility index (Phi) is 5.75. The van der Waals surface area contributed by atoms with E-state index in [1.54, 1.807) is 14.2 Å². The maximum Gasteiger partial charge on any atom is 0.241 e. The Labute approximate surface area is 186 Å². The van der Waals surface area contributed by atoms with E-state index in [1.807, 2.05) is 42.0 Å². The summed E-state index contributed by atoms with van der Waals surface area (Å²) in [5.41, 5.74) is 4.54. The average Bonchev–Trinajstić information content (AvgIpc) is 3.37. The van der Waals surface area contributed by atoms with Crippen LogP contribution >= 0.6 is 0 Å². The highest BCUT2D eigenvalue weighted by atomic mass is 16.5. The van der Waals surface area contributed by atoms with Crippen LogP contribution in [0.3, 0.4) is 0 Å². The van der Waals surface area contributed by atoms with Crippen LogP contribution in [0.25, 0.3) is 27.9 Å². The number of imidazole rings is 1. The first-order valence-corrected chi connectivity index (χ1v) is 11.1. The second-order valence-electron chi connectivity index (χ2n) is 8.34. The summed E-state index contributed by atoms with van der Waals surface area (Å²) < 4.78 is 14.7. The number of aromatic nitrogens is 6. The van der Waals surface area contributed by atoms with Crippen molar-refractivity contribution < 1.29 is 9.47 Å². The van der Waals surface area contributed by atoms with Crippen molar-refractivity contribution >= 4 is 22.6 Å². The lowest BCUT2D eigenvalue weighted by atomic mass is 9.93. The predicted molar refractivity (Wildman–Crippen MR) is 123 cm³/mol. The molecule has 0 aromatic carbocycles. The van der Waals surface area contributed by atoms with E-state index in [9.17, 15) is 0 Å². The Hall–Kier alpha value is -3.04. The quantitative estimate of drug-likeness (QED) is 0.475. The van der Waals surface area contributed by atoms with Crippen molar-refractivity contribution in [2.45, 2.75) is 51.3 Å². The van der Waals surface area contributed by atoms with Crippen molar-refractivity contribution in [3.05, 3.63) is 36.4 Å². The zero-order valence-electron chi connectivity index (χ0n) is 18.8.